The van der Waals surface area contributed by atoms with Crippen LogP contribution in [0.4, 0.5) is 0 Å². The molecule has 4 fully saturated rings. The first-order chi connectivity index (χ1) is 14.6. The van der Waals surface area contributed by atoms with Gasteiger partial charge in [-0.2, -0.15) is 0 Å². The Bertz CT molecular complexity index is 1140. The van der Waals surface area contributed by atoms with Crippen LogP contribution >= 0.6 is 0 Å². The molecule has 4 saturated carbocycles. The van der Waals surface area contributed by atoms with Gasteiger partial charge in [0.15, 0.2) is 5.82 Å². The van der Waals surface area contributed by atoms with Crippen molar-refractivity contribution >= 4 is 16.7 Å². The Hall–Kier alpha value is -2.80. The van der Waals surface area contributed by atoms with E-state index in [1.54, 1.807) is 12.4 Å². The summed E-state index contributed by atoms with van der Waals surface area (Å²) in [5, 5.41) is 9.91. The number of H-pyrrole nitrogens is 1. The van der Waals surface area contributed by atoms with Crippen LogP contribution in [0, 0.1) is 11.8 Å². The van der Waals surface area contributed by atoms with Crippen molar-refractivity contribution in [3.63, 3.8) is 0 Å². The molecule has 2 aromatic heterocycles. The van der Waals surface area contributed by atoms with Gasteiger partial charge in [0.25, 0.3) is 0 Å². The number of nitrogens with one attached hydrogen (secondary N) is 1. The molecule has 7 heteroatoms. The molecule has 2 N–H and O–H groups in total. The van der Waals surface area contributed by atoms with Gasteiger partial charge in [0.2, 0.25) is 5.88 Å². The van der Waals surface area contributed by atoms with Gasteiger partial charge in [-0.25, -0.2) is 4.98 Å². The number of rotatable bonds is 4. The van der Waals surface area contributed by atoms with Crippen molar-refractivity contribution in [1.29, 1.82) is 0 Å². The van der Waals surface area contributed by atoms with Crippen molar-refractivity contribution in [1.82, 2.24) is 19.9 Å². The lowest BCUT2D eigenvalue weighted by atomic mass is 9.51. The molecule has 4 aliphatic carbocycles. The second kappa shape index (κ2) is 6.35. The molecule has 0 aliphatic heterocycles. The van der Waals surface area contributed by atoms with Gasteiger partial charge in [-0.3, -0.25) is 15.0 Å². The van der Waals surface area contributed by atoms with E-state index in [0.717, 1.165) is 54.4 Å². The molecule has 7 rings (SSSR count). The second-order valence-corrected chi connectivity index (χ2v) is 9.41. The number of hydrogen-bond acceptors (Lipinski definition) is 6. The molecule has 4 aliphatic rings. The van der Waals surface area contributed by atoms with Crippen molar-refractivity contribution in [2.24, 2.45) is 16.8 Å². The summed E-state index contributed by atoms with van der Waals surface area (Å²) >= 11 is 0. The van der Waals surface area contributed by atoms with Crippen LogP contribution in [-0.2, 0) is 4.74 Å². The van der Waals surface area contributed by atoms with Crippen LogP contribution in [0.1, 0.15) is 49.9 Å². The molecular weight excluding hydrogens is 378 g/mol. The molecule has 0 spiro atoms. The molecular formula is C23H25N5O2. The lowest BCUT2D eigenvalue weighted by Crippen LogP contribution is -2.59. The number of nitrogens with zero attached hydrogens (tertiary/aromatic N) is 4. The number of benzene rings is 1. The van der Waals surface area contributed by atoms with Crippen molar-refractivity contribution in [3.8, 4) is 5.88 Å². The van der Waals surface area contributed by atoms with E-state index in [0.29, 0.717) is 17.7 Å². The maximum absolute atomic E-state index is 9.91. The quantitative estimate of drug-likeness (QED) is 0.649. The van der Waals surface area contributed by atoms with E-state index in [1.165, 1.54) is 12.6 Å². The highest BCUT2D eigenvalue weighted by atomic mass is 16.5. The van der Waals surface area contributed by atoms with E-state index >= 15 is 0 Å². The lowest BCUT2D eigenvalue weighted by molar-refractivity contribution is -0.152. The Morgan fingerprint density at radius 3 is 2.57 bits per heavy atom. The van der Waals surface area contributed by atoms with Crippen LogP contribution in [0.25, 0.3) is 11.0 Å². The Kier molecular flexibility index (Phi) is 3.81. The van der Waals surface area contributed by atoms with Crippen LogP contribution in [0.2, 0.25) is 0 Å². The predicted octanol–water partition coefficient (Wildman–Crippen LogP) is 3.63. The van der Waals surface area contributed by atoms with Crippen LogP contribution in [0.5, 0.6) is 5.88 Å². The fourth-order valence-corrected chi connectivity index (χ4v) is 6.53. The molecule has 30 heavy (non-hydrogen) atoms. The summed E-state index contributed by atoms with van der Waals surface area (Å²) in [7, 11) is 1.86. The number of aromatic hydroxyl groups is 1. The van der Waals surface area contributed by atoms with Crippen molar-refractivity contribution in [3.05, 3.63) is 48.2 Å². The van der Waals surface area contributed by atoms with Gasteiger partial charge in [0, 0.05) is 31.5 Å². The molecule has 2 atom stereocenters. The standard InChI is InChI=1S/C23H25N5O2/c1-30-23-10-14-6-15(11-23)9-22(8-14,13-23)28-20(21-26-12-19(29)27-21)16-2-3-17-18(7-16)25-5-4-24-17/h2-5,7,12,14-15,29H,6,8-11,13H2,1H3,(H,26,27). The minimum absolute atomic E-state index is 0.0390. The zero-order valence-corrected chi connectivity index (χ0v) is 17.0. The number of aromatic nitrogens is 4. The summed E-state index contributed by atoms with van der Waals surface area (Å²) in [6.45, 7) is 0. The Labute approximate surface area is 174 Å². The molecule has 7 nitrogen and oxygen atoms in total. The molecule has 2 heterocycles. The number of hydrogen-bond donors (Lipinski definition) is 2. The molecule has 2 unspecified atom stereocenters. The smallest absolute Gasteiger partial charge is 0.208 e. The number of aliphatic imine (C=N–C) groups is 1. The topological polar surface area (TPSA) is 96.3 Å². The molecule has 4 bridgehead atoms. The van der Waals surface area contributed by atoms with Gasteiger partial charge in [-0.05, 0) is 56.1 Å². The van der Waals surface area contributed by atoms with Crippen molar-refractivity contribution < 1.29 is 9.84 Å². The summed E-state index contributed by atoms with van der Waals surface area (Å²) in [5.41, 5.74) is 3.18. The van der Waals surface area contributed by atoms with Crippen molar-refractivity contribution in [2.45, 2.75) is 49.7 Å². The highest BCUT2D eigenvalue weighted by Gasteiger charge is 2.58. The predicted molar refractivity (Wildman–Crippen MR) is 113 cm³/mol. The van der Waals surface area contributed by atoms with E-state index in [1.807, 2.05) is 25.3 Å². The number of fused-ring (bicyclic) bond motifs is 1. The van der Waals surface area contributed by atoms with E-state index < -0.39 is 0 Å². The van der Waals surface area contributed by atoms with E-state index in [2.05, 4.69) is 19.9 Å². The minimum Gasteiger partial charge on any atom is -0.493 e. The van der Waals surface area contributed by atoms with Gasteiger partial charge in [-0.1, -0.05) is 6.07 Å². The Balaban J connectivity index is 1.50. The van der Waals surface area contributed by atoms with E-state index in [4.69, 9.17) is 9.73 Å². The Morgan fingerprint density at radius 2 is 1.87 bits per heavy atom. The number of methoxy groups -OCH3 is 1. The third-order valence-electron chi connectivity index (χ3n) is 7.29. The number of aromatic amines is 1. The molecule has 3 aromatic rings. The maximum atomic E-state index is 9.91. The second-order valence-electron chi connectivity index (χ2n) is 9.41. The summed E-state index contributed by atoms with van der Waals surface area (Å²) in [6, 6.07) is 5.99. The summed E-state index contributed by atoms with van der Waals surface area (Å²) in [6.07, 6.45) is 11.6. The van der Waals surface area contributed by atoms with Gasteiger partial charge >= 0.3 is 0 Å². The maximum Gasteiger partial charge on any atom is 0.208 e. The molecule has 0 saturated heterocycles. The van der Waals surface area contributed by atoms with Crippen LogP contribution < -0.4 is 0 Å². The molecule has 0 amide bonds. The summed E-state index contributed by atoms with van der Waals surface area (Å²) in [5.74, 6) is 1.96. The van der Waals surface area contributed by atoms with Crippen molar-refractivity contribution in [2.75, 3.05) is 7.11 Å². The van der Waals surface area contributed by atoms with E-state index in [-0.39, 0.29) is 17.0 Å². The third-order valence-corrected chi connectivity index (χ3v) is 7.29. The fourth-order valence-electron chi connectivity index (χ4n) is 6.53. The van der Waals surface area contributed by atoms with Crippen LogP contribution in [0.15, 0.2) is 41.8 Å². The fraction of sp³-hybridized carbons (Fsp3) is 0.478. The van der Waals surface area contributed by atoms with Crippen LogP contribution in [-0.4, -0.2) is 49.0 Å². The zero-order valence-electron chi connectivity index (χ0n) is 17.0. The normalized spacial score (nSPS) is 32.8. The summed E-state index contributed by atoms with van der Waals surface area (Å²) < 4.78 is 6.08. The number of imidazole rings is 1. The molecule has 0 radical (unpaired) electrons. The number of ether oxygens (including phenoxy) is 1. The van der Waals surface area contributed by atoms with Gasteiger partial charge < -0.3 is 14.8 Å². The highest BCUT2D eigenvalue weighted by Crippen LogP contribution is 2.60. The van der Waals surface area contributed by atoms with Crippen LogP contribution in [0.3, 0.4) is 0 Å². The monoisotopic (exact) mass is 403 g/mol. The zero-order chi connectivity index (χ0) is 20.3. The summed E-state index contributed by atoms with van der Waals surface area (Å²) in [4.78, 5) is 21.6. The highest BCUT2D eigenvalue weighted by molar-refractivity contribution is 6.12. The molecule has 1 aromatic carbocycles. The first-order valence-electron chi connectivity index (χ1n) is 10.7. The SMILES string of the molecule is COC12CC3CC(CC(N=C(c4ccc5nccnc5c4)c4ncc(O)[nH]4)(C3)C1)C2. The largest absolute Gasteiger partial charge is 0.493 e. The average Bonchev–Trinajstić information content (AvgIpc) is 3.17. The molecule has 154 valence electrons. The third kappa shape index (κ3) is 2.83. The Morgan fingerprint density at radius 1 is 1.10 bits per heavy atom. The first kappa shape index (κ1) is 18.0. The van der Waals surface area contributed by atoms with Gasteiger partial charge in [0.1, 0.15) is 5.71 Å². The lowest BCUT2D eigenvalue weighted by Gasteiger charge is -2.60. The van der Waals surface area contributed by atoms with Gasteiger partial charge in [0.05, 0.1) is 28.4 Å². The minimum atomic E-state index is -0.144. The van der Waals surface area contributed by atoms with E-state index in [9.17, 15) is 5.11 Å². The van der Waals surface area contributed by atoms with Gasteiger partial charge in [-0.15, -0.1) is 0 Å². The first-order valence-corrected chi connectivity index (χ1v) is 10.7. The average molecular weight is 403 g/mol.